The van der Waals surface area contributed by atoms with Crippen LogP contribution in [0.4, 0.5) is 5.69 Å². The molecule has 36 heavy (non-hydrogen) atoms. The summed E-state index contributed by atoms with van der Waals surface area (Å²) < 4.78 is 18.0. The molecule has 0 bridgehead atoms. The number of benzene rings is 1. The number of nitrogens with one attached hydrogen (secondary N) is 1. The molecule has 1 atom stereocenters. The molecule has 1 fully saturated rings. The van der Waals surface area contributed by atoms with Gasteiger partial charge in [0.05, 0.1) is 7.11 Å². The van der Waals surface area contributed by atoms with E-state index in [1.54, 1.807) is 13.3 Å². The molecular formula is C28H43ClN4O3. The van der Waals surface area contributed by atoms with E-state index in [0.717, 1.165) is 60.3 Å². The quantitative estimate of drug-likeness (QED) is 0.490. The molecule has 7 nitrogen and oxygen atoms in total. The summed E-state index contributed by atoms with van der Waals surface area (Å²) in [6, 6.07) is 5.89. The first kappa shape index (κ1) is 29.7. The molecule has 8 heteroatoms. The number of aryl methyl sites for hydroxylation is 1. The van der Waals surface area contributed by atoms with Gasteiger partial charge in [0.1, 0.15) is 25.2 Å². The van der Waals surface area contributed by atoms with E-state index in [1.165, 1.54) is 0 Å². The van der Waals surface area contributed by atoms with E-state index in [0.29, 0.717) is 24.8 Å². The van der Waals surface area contributed by atoms with Crippen molar-refractivity contribution in [2.45, 2.75) is 47.1 Å². The van der Waals surface area contributed by atoms with E-state index in [4.69, 9.17) is 25.8 Å². The number of hydrogen-bond acceptors (Lipinski definition) is 7. The average molecular weight is 519 g/mol. The summed E-state index contributed by atoms with van der Waals surface area (Å²) >= 11 is 6.21. The Kier molecular flexibility index (Phi) is 12.9. The van der Waals surface area contributed by atoms with Gasteiger partial charge in [-0.2, -0.15) is 0 Å². The SMILES string of the molecule is CC.CCN1CCCOC(COC2=C/C=N/CN(C)/C(Nc3ccc(Cl)c(C)c3)=C(C)/C=C\2OC)C1. The lowest BCUT2D eigenvalue weighted by Gasteiger charge is -2.25. The number of nitrogens with zero attached hydrogens (tertiary/aromatic N) is 3. The van der Waals surface area contributed by atoms with Crippen molar-refractivity contribution in [1.29, 1.82) is 0 Å². The van der Waals surface area contributed by atoms with Gasteiger partial charge >= 0.3 is 0 Å². The molecule has 1 aromatic rings. The van der Waals surface area contributed by atoms with Gasteiger partial charge in [0.15, 0.2) is 11.5 Å². The predicted octanol–water partition coefficient (Wildman–Crippen LogP) is 5.83. The predicted molar refractivity (Wildman–Crippen MR) is 151 cm³/mol. The number of likely N-dealkylation sites (N-methyl/N-ethyl adjacent to an activating group) is 1. The number of anilines is 1. The van der Waals surface area contributed by atoms with Crippen LogP contribution in [0.5, 0.6) is 0 Å². The number of aliphatic imine (C=N–C) groups is 1. The minimum Gasteiger partial charge on any atom is -0.493 e. The fraction of sp³-hybridized carbons (Fsp3) is 0.536. The zero-order valence-corrected chi connectivity index (χ0v) is 23.7. The van der Waals surface area contributed by atoms with Gasteiger partial charge in [-0.1, -0.05) is 32.4 Å². The van der Waals surface area contributed by atoms with E-state index in [-0.39, 0.29) is 6.10 Å². The Morgan fingerprint density at radius 1 is 1.22 bits per heavy atom. The van der Waals surface area contributed by atoms with Crippen LogP contribution in [-0.4, -0.2) is 75.8 Å². The lowest BCUT2D eigenvalue weighted by molar-refractivity contribution is 0.00129. The minimum atomic E-state index is 0.0157. The van der Waals surface area contributed by atoms with Crippen LogP contribution in [0.25, 0.3) is 0 Å². The average Bonchev–Trinajstić information content (AvgIpc) is 3.13. The highest BCUT2D eigenvalue weighted by Gasteiger charge is 2.20. The molecule has 0 saturated carbocycles. The molecule has 0 amide bonds. The maximum atomic E-state index is 6.22. The van der Waals surface area contributed by atoms with E-state index in [9.17, 15) is 0 Å². The monoisotopic (exact) mass is 518 g/mol. The smallest absolute Gasteiger partial charge is 0.162 e. The van der Waals surface area contributed by atoms with Gasteiger partial charge in [-0.3, -0.25) is 4.99 Å². The van der Waals surface area contributed by atoms with Crippen molar-refractivity contribution in [3.05, 3.63) is 63.8 Å². The maximum Gasteiger partial charge on any atom is 0.162 e. The summed E-state index contributed by atoms with van der Waals surface area (Å²) in [5.74, 6) is 2.18. The number of hydrogen-bond donors (Lipinski definition) is 1. The van der Waals surface area contributed by atoms with Crippen LogP contribution in [0.1, 0.15) is 39.7 Å². The van der Waals surface area contributed by atoms with Gasteiger partial charge in [0, 0.05) is 49.7 Å². The third-order valence-electron chi connectivity index (χ3n) is 5.92. The lowest BCUT2D eigenvalue weighted by Crippen LogP contribution is -2.34. The minimum absolute atomic E-state index is 0.0157. The van der Waals surface area contributed by atoms with E-state index in [1.807, 2.05) is 65.1 Å². The molecule has 2 aliphatic rings. The van der Waals surface area contributed by atoms with E-state index >= 15 is 0 Å². The van der Waals surface area contributed by atoms with Crippen molar-refractivity contribution in [1.82, 2.24) is 9.80 Å². The summed E-state index contributed by atoms with van der Waals surface area (Å²) in [5, 5.41) is 4.26. The molecule has 1 saturated heterocycles. The molecule has 0 spiro atoms. The highest BCUT2D eigenvalue weighted by atomic mass is 35.5. The molecule has 0 aromatic heterocycles. The van der Waals surface area contributed by atoms with Gasteiger partial charge in [-0.05, 0) is 62.2 Å². The summed E-state index contributed by atoms with van der Waals surface area (Å²) in [6.45, 7) is 14.8. The summed E-state index contributed by atoms with van der Waals surface area (Å²) in [4.78, 5) is 9.01. The topological polar surface area (TPSA) is 58.6 Å². The van der Waals surface area contributed by atoms with Crippen molar-refractivity contribution >= 4 is 23.5 Å². The van der Waals surface area contributed by atoms with Gasteiger partial charge in [0.2, 0.25) is 0 Å². The molecule has 2 aliphatic heterocycles. The van der Waals surface area contributed by atoms with Crippen LogP contribution >= 0.6 is 11.6 Å². The Balaban J connectivity index is 0.00000222. The molecule has 1 aromatic carbocycles. The van der Waals surface area contributed by atoms with Crippen LogP contribution in [-0.2, 0) is 14.2 Å². The first-order chi connectivity index (χ1) is 17.4. The Bertz CT molecular complexity index is 958. The highest BCUT2D eigenvalue weighted by Crippen LogP contribution is 2.24. The Morgan fingerprint density at radius 3 is 2.69 bits per heavy atom. The van der Waals surface area contributed by atoms with Crippen LogP contribution in [0, 0.1) is 6.92 Å². The molecule has 200 valence electrons. The first-order valence-electron chi connectivity index (χ1n) is 12.8. The second-order valence-electron chi connectivity index (χ2n) is 8.59. The standard InChI is InChI=1S/C26H37ClN4O3.C2H6/c1-6-31-12-7-13-33-22(16-31)17-34-24-10-11-28-18-30(4)26(20(3)15-25(24)32-5)29-21-8-9-23(27)19(2)14-21;1-2/h8-11,14-15,22,29H,6-7,12-13,16-18H2,1-5H3;1-2H3/b24-10+,25-15+,26-20+,28-11+;. The van der Waals surface area contributed by atoms with Crippen molar-refractivity contribution in [3.63, 3.8) is 0 Å². The van der Waals surface area contributed by atoms with Crippen LogP contribution in [0.15, 0.2) is 58.3 Å². The van der Waals surface area contributed by atoms with Crippen molar-refractivity contribution in [3.8, 4) is 0 Å². The first-order valence-corrected chi connectivity index (χ1v) is 13.2. The molecule has 1 N–H and O–H groups in total. The maximum absolute atomic E-state index is 6.22. The van der Waals surface area contributed by atoms with Crippen LogP contribution < -0.4 is 5.32 Å². The number of halogens is 1. The second-order valence-corrected chi connectivity index (χ2v) is 8.99. The third kappa shape index (κ3) is 8.87. The van der Waals surface area contributed by atoms with Gasteiger partial charge in [-0.15, -0.1) is 0 Å². The third-order valence-corrected chi connectivity index (χ3v) is 6.34. The molecule has 2 heterocycles. The summed E-state index contributed by atoms with van der Waals surface area (Å²) in [5.41, 5.74) is 2.95. The Hall–Kier alpha value is -2.48. The fourth-order valence-corrected chi connectivity index (χ4v) is 4.07. The van der Waals surface area contributed by atoms with E-state index in [2.05, 4.69) is 27.0 Å². The zero-order chi connectivity index (χ0) is 26.5. The zero-order valence-electron chi connectivity index (χ0n) is 22.9. The van der Waals surface area contributed by atoms with Gasteiger partial charge in [-0.25, -0.2) is 0 Å². The number of rotatable bonds is 7. The highest BCUT2D eigenvalue weighted by molar-refractivity contribution is 6.31. The largest absolute Gasteiger partial charge is 0.493 e. The molecule has 0 radical (unpaired) electrons. The van der Waals surface area contributed by atoms with Crippen molar-refractivity contribution < 1.29 is 14.2 Å². The normalized spacial score (nSPS) is 25.2. The Labute approximate surface area is 222 Å². The number of allylic oxidation sites excluding steroid dienone is 3. The van der Waals surface area contributed by atoms with Crippen molar-refractivity contribution in [2.24, 2.45) is 4.99 Å². The summed E-state index contributed by atoms with van der Waals surface area (Å²) in [7, 11) is 3.65. The van der Waals surface area contributed by atoms with Crippen LogP contribution in [0.2, 0.25) is 5.02 Å². The molecule has 0 aliphatic carbocycles. The van der Waals surface area contributed by atoms with Crippen molar-refractivity contribution in [2.75, 3.05) is 59.0 Å². The van der Waals surface area contributed by atoms with Crippen LogP contribution in [0.3, 0.4) is 0 Å². The molecule has 3 rings (SSSR count). The lowest BCUT2D eigenvalue weighted by atomic mass is 10.2. The molecular weight excluding hydrogens is 476 g/mol. The Morgan fingerprint density at radius 2 is 2.00 bits per heavy atom. The second kappa shape index (κ2) is 15.6. The summed E-state index contributed by atoms with van der Waals surface area (Å²) in [6.07, 6.45) is 6.66. The van der Waals surface area contributed by atoms with E-state index < -0.39 is 0 Å². The van der Waals surface area contributed by atoms with Gasteiger partial charge < -0.3 is 29.3 Å². The number of ether oxygens (including phenoxy) is 3. The van der Waals surface area contributed by atoms with Gasteiger partial charge in [0.25, 0.3) is 0 Å². The fourth-order valence-electron chi connectivity index (χ4n) is 3.95. The molecule has 1 unspecified atom stereocenters. The number of methoxy groups -OCH3 is 1.